The Bertz CT molecular complexity index is 451. The highest BCUT2D eigenvalue weighted by Crippen LogP contribution is 2.17. The van der Waals surface area contributed by atoms with Crippen LogP contribution in [0.5, 0.6) is 0 Å². The van der Waals surface area contributed by atoms with Crippen LogP contribution in [0, 0.1) is 5.41 Å². The van der Waals surface area contributed by atoms with Gasteiger partial charge >= 0.3 is 5.97 Å². The third kappa shape index (κ3) is 4.19. The summed E-state index contributed by atoms with van der Waals surface area (Å²) < 4.78 is 9.68. The number of hydrogen-bond acceptors (Lipinski definition) is 5. The van der Waals surface area contributed by atoms with E-state index in [0.29, 0.717) is 11.5 Å². The van der Waals surface area contributed by atoms with Crippen LogP contribution >= 0.6 is 11.8 Å². The lowest BCUT2D eigenvalue weighted by Crippen LogP contribution is -2.23. The van der Waals surface area contributed by atoms with Gasteiger partial charge in [-0.05, 0) is 12.1 Å². The Morgan fingerprint density at radius 3 is 2.88 bits per heavy atom. The van der Waals surface area contributed by atoms with Crippen LogP contribution in [0.4, 0.5) is 0 Å². The number of carbonyl (C=O) groups is 1. The van der Waals surface area contributed by atoms with E-state index in [4.69, 9.17) is 21.3 Å². The molecule has 0 radical (unpaired) electrons. The smallest absolute Gasteiger partial charge is 0.373 e. The second-order valence-corrected chi connectivity index (χ2v) is 3.85. The van der Waals surface area contributed by atoms with Crippen molar-refractivity contribution in [3.63, 3.8) is 0 Å². The molecule has 8 heteroatoms. The summed E-state index contributed by atoms with van der Waals surface area (Å²) in [6, 6.07) is 3.13. The van der Waals surface area contributed by atoms with Gasteiger partial charge in [0.2, 0.25) is 5.76 Å². The molecule has 5 N–H and O–H groups in total. The number of guanidine groups is 1. The topological polar surface area (TPSA) is 128 Å². The number of aliphatic imine (C=N–C) groups is 1. The van der Waals surface area contributed by atoms with Gasteiger partial charge < -0.3 is 20.6 Å². The summed E-state index contributed by atoms with van der Waals surface area (Å²) in [7, 11) is 1.27. The molecule has 0 saturated heterocycles. The molecular formula is C9H12N4O3S. The van der Waals surface area contributed by atoms with Gasteiger partial charge in [-0.3, -0.25) is 5.41 Å². The molecule has 0 spiro atoms. The van der Waals surface area contributed by atoms with Crippen LogP contribution in [-0.2, 0) is 10.5 Å². The molecule has 1 rings (SSSR count). The van der Waals surface area contributed by atoms with Gasteiger partial charge in [0.15, 0.2) is 11.1 Å². The molecule has 0 aliphatic rings. The molecule has 0 aliphatic carbocycles. The predicted molar refractivity (Wildman–Crippen MR) is 64.9 cm³/mol. The zero-order valence-corrected chi connectivity index (χ0v) is 9.91. The van der Waals surface area contributed by atoms with Crippen LogP contribution in [0.15, 0.2) is 21.5 Å². The summed E-state index contributed by atoms with van der Waals surface area (Å²) in [6.45, 7) is 0. The summed E-state index contributed by atoms with van der Waals surface area (Å²) in [5, 5.41) is 7.35. The van der Waals surface area contributed by atoms with Crippen molar-refractivity contribution < 1.29 is 13.9 Å². The third-order valence-electron chi connectivity index (χ3n) is 1.63. The first-order valence-corrected chi connectivity index (χ1v) is 5.49. The van der Waals surface area contributed by atoms with E-state index in [-0.39, 0.29) is 16.9 Å². The van der Waals surface area contributed by atoms with Crippen molar-refractivity contribution >= 4 is 28.9 Å². The number of ether oxygens (including phenoxy) is 1. The minimum Gasteiger partial charge on any atom is -0.463 e. The van der Waals surface area contributed by atoms with Crippen LogP contribution < -0.4 is 11.5 Å². The van der Waals surface area contributed by atoms with Crippen molar-refractivity contribution in [2.24, 2.45) is 16.5 Å². The first kappa shape index (κ1) is 13.1. The Labute approximate surface area is 102 Å². The number of esters is 1. The minimum absolute atomic E-state index is 0.0268. The Hall–Kier alpha value is -1.96. The average molecular weight is 256 g/mol. The molecule has 0 saturated carbocycles. The van der Waals surface area contributed by atoms with Crippen LogP contribution in [-0.4, -0.2) is 24.2 Å². The summed E-state index contributed by atoms with van der Waals surface area (Å²) >= 11 is 1.08. The highest BCUT2D eigenvalue weighted by atomic mass is 32.2. The van der Waals surface area contributed by atoms with Gasteiger partial charge in [-0.2, -0.15) is 4.99 Å². The fraction of sp³-hybridized carbons (Fsp3) is 0.222. The number of amidine groups is 1. The van der Waals surface area contributed by atoms with Crippen molar-refractivity contribution in [1.82, 2.24) is 0 Å². The maximum absolute atomic E-state index is 11.1. The van der Waals surface area contributed by atoms with Crippen molar-refractivity contribution in [1.29, 1.82) is 5.41 Å². The number of carbonyl (C=O) groups excluding carboxylic acids is 1. The maximum atomic E-state index is 11.1. The number of nitrogens with two attached hydrogens (primary N) is 2. The van der Waals surface area contributed by atoms with E-state index in [9.17, 15) is 4.79 Å². The molecule has 0 unspecified atom stereocenters. The lowest BCUT2D eigenvalue weighted by molar-refractivity contribution is 0.0563. The van der Waals surface area contributed by atoms with Gasteiger partial charge in [0.25, 0.3) is 0 Å². The van der Waals surface area contributed by atoms with E-state index in [2.05, 4.69) is 9.73 Å². The lowest BCUT2D eigenvalue weighted by Gasteiger charge is -1.97. The van der Waals surface area contributed by atoms with Crippen molar-refractivity contribution in [3.05, 3.63) is 23.7 Å². The third-order valence-corrected chi connectivity index (χ3v) is 2.42. The summed E-state index contributed by atoms with van der Waals surface area (Å²) in [6.07, 6.45) is 0. The Kier molecular flexibility index (Phi) is 4.58. The Morgan fingerprint density at radius 1 is 1.59 bits per heavy atom. The van der Waals surface area contributed by atoms with Crippen molar-refractivity contribution in [3.8, 4) is 0 Å². The number of hydrogen-bond donors (Lipinski definition) is 3. The standard InChI is InChI=1S/C9H12N4O3S/c1-15-7(14)6-3-2-5(16-6)4-17-9(12)13-8(10)11/h2-3H,4H2,1H3,(H5,10,11,12,13). The molecule has 0 fully saturated rings. The zero-order chi connectivity index (χ0) is 12.8. The van der Waals surface area contributed by atoms with Gasteiger partial charge in [0.1, 0.15) is 5.76 Å². The monoisotopic (exact) mass is 256 g/mol. The van der Waals surface area contributed by atoms with Gasteiger partial charge in [0.05, 0.1) is 12.9 Å². The SMILES string of the molecule is COC(=O)c1ccc(CSC(=N)N=C(N)N)o1. The second-order valence-electron chi connectivity index (χ2n) is 2.89. The van der Waals surface area contributed by atoms with E-state index in [0.717, 1.165) is 11.8 Å². The van der Waals surface area contributed by atoms with Crippen LogP contribution in [0.2, 0.25) is 0 Å². The van der Waals surface area contributed by atoms with Crippen molar-refractivity contribution in [2.75, 3.05) is 7.11 Å². The zero-order valence-electron chi connectivity index (χ0n) is 9.10. The highest BCUT2D eigenvalue weighted by Gasteiger charge is 2.11. The molecule has 0 aromatic carbocycles. The quantitative estimate of drug-likeness (QED) is 0.410. The number of thioether (sulfide) groups is 1. The molecule has 1 aromatic rings. The molecule has 1 heterocycles. The normalized spacial score (nSPS) is 9.71. The fourth-order valence-electron chi connectivity index (χ4n) is 0.955. The summed E-state index contributed by atoms with van der Waals surface area (Å²) in [4.78, 5) is 14.6. The van der Waals surface area contributed by atoms with E-state index in [1.54, 1.807) is 6.07 Å². The van der Waals surface area contributed by atoms with Crippen LogP contribution in [0.1, 0.15) is 16.3 Å². The number of furan rings is 1. The first-order valence-electron chi connectivity index (χ1n) is 4.51. The summed E-state index contributed by atoms with van der Waals surface area (Å²) in [5.74, 6) is 0.298. The lowest BCUT2D eigenvalue weighted by atomic mass is 10.4. The van der Waals surface area contributed by atoms with Crippen molar-refractivity contribution in [2.45, 2.75) is 5.75 Å². The first-order chi connectivity index (χ1) is 8.02. The molecule has 1 aromatic heterocycles. The molecule has 7 nitrogen and oxygen atoms in total. The fourth-order valence-corrected chi connectivity index (χ4v) is 1.56. The highest BCUT2D eigenvalue weighted by molar-refractivity contribution is 8.13. The number of rotatable bonds is 3. The second kappa shape index (κ2) is 5.94. The molecule has 0 atom stereocenters. The number of methoxy groups -OCH3 is 1. The van der Waals surface area contributed by atoms with E-state index in [1.807, 2.05) is 0 Å². The van der Waals surface area contributed by atoms with Gasteiger partial charge in [0, 0.05) is 0 Å². The summed E-state index contributed by atoms with van der Waals surface area (Å²) in [5.41, 5.74) is 10.2. The Balaban J connectivity index is 2.53. The minimum atomic E-state index is -0.541. The maximum Gasteiger partial charge on any atom is 0.373 e. The van der Waals surface area contributed by atoms with Gasteiger partial charge in [-0.25, -0.2) is 4.79 Å². The number of nitrogens with zero attached hydrogens (tertiary/aromatic N) is 1. The Morgan fingerprint density at radius 2 is 2.29 bits per heavy atom. The average Bonchev–Trinajstić information content (AvgIpc) is 2.73. The van der Waals surface area contributed by atoms with E-state index < -0.39 is 5.97 Å². The molecular weight excluding hydrogens is 244 g/mol. The molecule has 0 bridgehead atoms. The predicted octanol–water partition coefficient (Wildman–Crippen LogP) is 0.508. The van der Waals surface area contributed by atoms with Crippen LogP contribution in [0.25, 0.3) is 0 Å². The molecule has 0 amide bonds. The molecule has 0 aliphatic heterocycles. The van der Waals surface area contributed by atoms with Gasteiger partial charge in [-0.1, -0.05) is 11.8 Å². The van der Waals surface area contributed by atoms with Crippen LogP contribution in [0.3, 0.4) is 0 Å². The molecule has 17 heavy (non-hydrogen) atoms. The van der Waals surface area contributed by atoms with Gasteiger partial charge in [-0.15, -0.1) is 0 Å². The number of nitrogens with one attached hydrogen (secondary N) is 1. The van der Waals surface area contributed by atoms with E-state index in [1.165, 1.54) is 13.2 Å². The van der Waals surface area contributed by atoms with E-state index >= 15 is 0 Å². The molecule has 92 valence electrons. The largest absolute Gasteiger partial charge is 0.463 e.